The van der Waals surface area contributed by atoms with Gasteiger partial charge in [0.1, 0.15) is 0 Å². The Bertz CT molecular complexity index is 882. The molecule has 5 rings (SSSR count). The lowest BCUT2D eigenvalue weighted by atomic mass is 9.49. The van der Waals surface area contributed by atoms with Crippen LogP contribution in [0.5, 0.6) is 0 Å². The third-order valence-corrected chi connectivity index (χ3v) is 9.08. The number of aryl methyl sites for hydroxylation is 1. The Hall–Kier alpha value is -1.11. The first kappa shape index (κ1) is 19.2. The summed E-state index contributed by atoms with van der Waals surface area (Å²) in [5.74, 6) is 1.08. The highest BCUT2D eigenvalue weighted by Gasteiger charge is 2.60. The number of carbonyl (C=O) groups is 1. The van der Waals surface area contributed by atoms with E-state index in [1.165, 1.54) is 24.8 Å². The molecule has 0 unspecified atom stereocenters. The lowest BCUT2D eigenvalue weighted by molar-refractivity contribution is -0.138. The number of carbonyl (C=O) groups excluding carboxylic acids is 1. The molecule has 1 aromatic carbocycles. The molecular weight excluding hydrogens is 384 g/mol. The van der Waals surface area contributed by atoms with E-state index < -0.39 is 15.4 Å². The Kier molecular flexibility index (Phi) is 4.41. The zero-order valence-electron chi connectivity index (χ0n) is 16.1. The quantitative estimate of drug-likeness (QED) is 0.768. The maximum Gasteiger partial charge on any atom is 0.242 e. The fraction of sp³-hybridized carbons (Fsp3) is 0.650. The number of sulfonamides is 1. The Labute approximate surface area is 166 Å². The molecule has 0 aliphatic heterocycles. The highest BCUT2D eigenvalue weighted by molar-refractivity contribution is 7.89. The van der Waals surface area contributed by atoms with Crippen LogP contribution in [0.15, 0.2) is 23.1 Å². The van der Waals surface area contributed by atoms with Crippen molar-refractivity contribution in [3.63, 3.8) is 0 Å². The molecule has 0 saturated heterocycles. The Morgan fingerprint density at radius 2 is 1.81 bits per heavy atom. The maximum absolute atomic E-state index is 13.3. The fourth-order valence-electron chi connectivity index (χ4n) is 5.83. The van der Waals surface area contributed by atoms with Gasteiger partial charge in [0.05, 0.1) is 10.3 Å². The number of nitrogens with zero attached hydrogens (tertiary/aromatic N) is 1. The van der Waals surface area contributed by atoms with E-state index in [-0.39, 0.29) is 15.7 Å². The van der Waals surface area contributed by atoms with Gasteiger partial charge >= 0.3 is 0 Å². The minimum absolute atomic E-state index is 0.00122. The monoisotopic (exact) mass is 410 g/mol. The van der Waals surface area contributed by atoms with Crippen LogP contribution in [0.1, 0.15) is 44.1 Å². The van der Waals surface area contributed by atoms with Crippen molar-refractivity contribution in [2.45, 2.75) is 55.2 Å². The molecule has 5 nitrogen and oxygen atoms in total. The summed E-state index contributed by atoms with van der Waals surface area (Å²) in [6.45, 7) is 1.76. The number of benzene rings is 1. The van der Waals surface area contributed by atoms with Crippen molar-refractivity contribution in [2.75, 3.05) is 19.4 Å². The van der Waals surface area contributed by atoms with Gasteiger partial charge in [-0.2, -0.15) is 0 Å². The Morgan fingerprint density at radius 1 is 1.19 bits per heavy atom. The smallest absolute Gasteiger partial charge is 0.242 e. The topological polar surface area (TPSA) is 66.5 Å². The van der Waals surface area contributed by atoms with Gasteiger partial charge in [0, 0.05) is 24.7 Å². The molecule has 0 heterocycles. The molecule has 0 radical (unpaired) electrons. The van der Waals surface area contributed by atoms with Crippen LogP contribution in [-0.4, -0.2) is 37.6 Å². The highest BCUT2D eigenvalue weighted by Crippen LogP contribution is 2.64. The number of anilines is 1. The first-order valence-electron chi connectivity index (χ1n) is 9.57. The van der Waals surface area contributed by atoms with E-state index in [0.717, 1.165) is 32.1 Å². The van der Waals surface area contributed by atoms with E-state index in [0.29, 0.717) is 23.1 Å². The summed E-state index contributed by atoms with van der Waals surface area (Å²) in [7, 11) is -0.541. The van der Waals surface area contributed by atoms with Gasteiger partial charge in [-0.15, -0.1) is 11.6 Å². The molecule has 0 spiro atoms. The van der Waals surface area contributed by atoms with E-state index in [1.807, 2.05) is 0 Å². The summed E-state index contributed by atoms with van der Waals surface area (Å²) in [6, 6.07) is 5.09. The van der Waals surface area contributed by atoms with Gasteiger partial charge in [0.15, 0.2) is 0 Å². The number of hydrogen-bond acceptors (Lipinski definition) is 3. The average Bonchev–Trinajstić information content (AvgIpc) is 2.54. The summed E-state index contributed by atoms with van der Waals surface area (Å²) in [5, 5.41) is 3.01. The van der Waals surface area contributed by atoms with Crippen molar-refractivity contribution in [3.05, 3.63) is 23.8 Å². The zero-order chi connectivity index (χ0) is 19.6. The molecule has 27 heavy (non-hydrogen) atoms. The molecule has 7 heteroatoms. The third-order valence-electron chi connectivity index (χ3n) is 6.68. The van der Waals surface area contributed by atoms with Crippen LogP contribution in [0, 0.1) is 24.2 Å². The van der Waals surface area contributed by atoms with Crippen LogP contribution in [0.3, 0.4) is 0 Å². The van der Waals surface area contributed by atoms with Gasteiger partial charge in [0.2, 0.25) is 15.9 Å². The van der Waals surface area contributed by atoms with Gasteiger partial charge < -0.3 is 5.32 Å². The molecule has 1 aromatic rings. The van der Waals surface area contributed by atoms with Crippen molar-refractivity contribution >= 4 is 33.2 Å². The molecule has 4 fully saturated rings. The summed E-state index contributed by atoms with van der Waals surface area (Å²) in [6.07, 6.45) is 5.77. The highest BCUT2D eigenvalue weighted by atomic mass is 35.5. The van der Waals surface area contributed by atoms with Crippen LogP contribution < -0.4 is 5.32 Å². The molecule has 1 amide bonds. The average molecular weight is 411 g/mol. The SMILES string of the molecule is Cc1ccc(NC(=O)C23C[C@H]4C[C@@H](CC(Cl)(C4)C2)C3)cc1S(=O)(=O)N(C)C. The van der Waals surface area contributed by atoms with Gasteiger partial charge in [-0.05, 0) is 75.0 Å². The van der Waals surface area contributed by atoms with Crippen molar-refractivity contribution in [3.8, 4) is 0 Å². The molecule has 4 aliphatic carbocycles. The van der Waals surface area contributed by atoms with Crippen molar-refractivity contribution < 1.29 is 13.2 Å². The van der Waals surface area contributed by atoms with Gasteiger partial charge in [-0.3, -0.25) is 4.79 Å². The maximum atomic E-state index is 13.3. The molecule has 4 saturated carbocycles. The van der Waals surface area contributed by atoms with Crippen molar-refractivity contribution in [1.82, 2.24) is 4.31 Å². The Balaban J connectivity index is 1.61. The number of alkyl halides is 1. The van der Waals surface area contributed by atoms with E-state index >= 15 is 0 Å². The summed E-state index contributed by atoms with van der Waals surface area (Å²) < 4.78 is 26.3. The van der Waals surface area contributed by atoms with Crippen LogP contribution in [-0.2, 0) is 14.8 Å². The van der Waals surface area contributed by atoms with Crippen LogP contribution in [0.2, 0.25) is 0 Å². The van der Waals surface area contributed by atoms with Crippen LogP contribution >= 0.6 is 11.6 Å². The van der Waals surface area contributed by atoms with Crippen LogP contribution in [0.25, 0.3) is 0 Å². The third kappa shape index (κ3) is 3.19. The zero-order valence-corrected chi connectivity index (χ0v) is 17.7. The first-order chi connectivity index (χ1) is 12.5. The minimum atomic E-state index is -3.56. The second-order valence-electron chi connectivity index (χ2n) is 9.11. The lowest BCUT2D eigenvalue weighted by Crippen LogP contribution is -2.57. The number of rotatable bonds is 4. The lowest BCUT2D eigenvalue weighted by Gasteiger charge is -2.59. The molecule has 0 aromatic heterocycles. The molecule has 4 aliphatic rings. The largest absolute Gasteiger partial charge is 0.326 e. The van der Waals surface area contributed by atoms with E-state index in [4.69, 9.17) is 11.6 Å². The predicted molar refractivity (Wildman–Crippen MR) is 106 cm³/mol. The molecule has 1 N–H and O–H groups in total. The van der Waals surface area contributed by atoms with Crippen LogP contribution in [0.4, 0.5) is 5.69 Å². The fourth-order valence-corrected chi connectivity index (χ4v) is 7.67. The first-order valence-corrected chi connectivity index (χ1v) is 11.4. The predicted octanol–water partition coefficient (Wildman–Crippen LogP) is 3.76. The van der Waals surface area contributed by atoms with Gasteiger partial charge in [-0.25, -0.2) is 12.7 Å². The molecule has 4 bridgehead atoms. The van der Waals surface area contributed by atoms with Gasteiger partial charge in [-0.1, -0.05) is 6.07 Å². The normalized spacial score (nSPS) is 34.9. The number of hydrogen-bond donors (Lipinski definition) is 1. The van der Waals surface area contributed by atoms with Crippen molar-refractivity contribution in [2.24, 2.45) is 17.3 Å². The number of nitrogens with one attached hydrogen (secondary N) is 1. The standard InChI is InChI=1S/C20H27ClN2O3S/c1-13-4-5-16(7-17(13)27(25,26)23(2)3)22-18(24)19-8-14-6-15(9-19)11-20(21,10-14)12-19/h4-5,7,14-15H,6,8-12H2,1-3H3,(H,22,24)/t14-,15-,19?,20?/m1/s1. The second-order valence-corrected chi connectivity index (χ2v) is 12.0. The molecule has 148 valence electrons. The van der Waals surface area contributed by atoms with E-state index in [9.17, 15) is 13.2 Å². The number of halogens is 1. The van der Waals surface area contributed by atoms with Gasteiger partial charge in [0.25, 0.3) is 0 Å². The summed E-state index contributed by atoms with van der Waals surface area (Å²) in [5.41, 5.74) is 0.790. The summed E-state index contributed by atoms with van der Waals surface area (Å²) in [4.78, 5) is 13.3. The second kappa shape index (κ2) is 6.19. The molecular formula is C20H27ClN2O3S. The van der Waals surface area contributed by atoms with Crippen molar-refractivity contribution in [1.29, 1.82) is 0 Å². The van der Waals surface area contributed by atoms with E-state index in [1.54, 1.807) is 25.1 Å². The molecule has 2 atom stereocenters. The Morgan fingerprint density at radius 3 is 2.37 bits per heavy atom. The van der Waals surface area contributed by atoms with E-state index in [2.05, 4.69) is 5.32 Å². The minimum Gasteiger partial charge on any atom is -0.326 e. The summed E-state index contributed by atoms with van der Waals surface area (Å²) >= 11 is 6.84. The number of amides is 1.